The van der Waals surface area contributed by atoms with Crippen LogP contribution >= 0.6 is 27.7 Å². The highest BCUT2D eigenvalue weighted by Crippen LogP contribution is 2.39. The van der Waals surface area contributed by atoms with E-state index in [0.29, 0.717) is 13.1 Å². The number of rotatable bonds is 2. The molecule has 2 aliphatic rings. The molecule has 0 saturated carbocycles. The Morgan fingerprint density at radius 2 is 1.96 bits per heavy atom. The maximum atomic E-state index is 13.1. The molecule has 9 heteroatoms. The summed E-state index contributed by atoms with van der Waals surface area (Å²) in [4.78, 5) is 19.6. The molecule has 1 aromatic rings. The smallest absolute Gasteiger partial charge is 0.354 e. The monoisotopic (exact) mass is 409 g/mol. The minimum Gasteiger partial charge on any atom is -0.354 e. The van der Waals surface area contributed by atoms with E-state index < -0.39 is 11.7 Å². The van der Waals surface area contributed by atoms with E-state index in [1.54, 1.807) is 0 Å². The molecule has 4 nitrogen and oxygen atoms in total. The molecule has 2 saturated heterocycles. The zero-order chi connectivity index (χ0) is 16.6. The first kappa shape index (κ1) is 16.9. The first-order chi connectivity index (χ1) is 10.9. The van der Waals surface area contributed by atoms with E-state index in [4.69, 9.17) is 0 Å². The number of hydrogen-bond donors (Lipinski definition) is 0. The Morgan fingerprint density at radius 1 is 1.30 bits per heavy atom. The number of hydrogen-bond acceptors (Lipinski definition) is 4. The molecule has 0 spiro atoms. The second kappa shape index (κ2) is 6.51. The van der Waals surface area contributed by atoms with E-state index in [0.717, 1.165) is 30.7 Å². The average molecular weight is 410 g/mol. The van der Waals surface area contributed by atoms with Crippen molar-refractivity contribution in [2.45, 2.75) is 6.18 Å². The van der Waals surface area contributed by atoms with Crippen LogP contribution in [0.3, 0.4) is 0 Å². The fourth-order valence-corrected chi connectivity index (χ4v) is 3.98. The predicted molar refractivity (Wildman–Crippen MR) is 86.5 cm³/mol. The molecule has 0 atom stereocenters. The number of anilines is 1. The first-order valence-electron chi connectivity index (χ1n) is 7.20. The lowest BCUT2D eigenvalue weighted by Crippen LogP contribution is -2.56. The van der Waals surface area contributed by atoms with Crippen molar-refractivity contribution in [2.24, 2.45) is 5.92 Å². The number of amides is 1. The van der Waals surface area contributed by atoms with Crippen LogP contribution in [0.15, 0.2) is 16.7 Å². The molecule has 126 valence electrons. The summed E-state index contributed by atoms with van der Waals surface area (Å²) in [6.07, 6.45) is -3.12. The zero-order valence-corrected chi connectivity index (χ0v) is 14.5. The largest absolute Gasteiger partial charge is 0.419 e. The van der Waals surface area contributed by atoms with E-state index in [1.807, 2.05) is 16.7 Å². The number of pyridine rings is 1. The Bertz CT molecular complexity index is 601. The van der Waals surface area contributed by atoms with Crippen LogP contribution in [0.1, 0.15) is 5.56 Å². The highest BCUT2D eigenvalue weighted by molar-refractivity contribution is 9.10. The molecule has 2 fully saturated rings. The molecule has 0 unspecified atom stereocenters. The molecule has 0 aliphatic carbocycles. The molecule has 1 aromatic heterocycles. The maximum Gasteiger partial charge on any atom is 0.419 e. The van der Waals surface area contributed by atoms with Crippen LogP contribution in [-0.4, -0.2) is 53.5 Å². The second-order valence-corrected chi connectivity index (χ2v) is 7.70. The summed E-state index contributed by atoms with van der Waals surface area (Å²) in [5, 5.41) is 0. The van der Waals surface area contributed by atoms with Gasteiger partial charge < -0.3 is 9.80 Å². The molecule has 0 aromatic carbocycles. The summed E-state index contributed by atoms with van der Waals surface area (Å²) in [5.41, 5.74) is -0.771. The van der Waals surface area contributed by atoms with Crippen molar-refractivity contribution in [3.8, 4) is 0 Å². The fraction of sp³-hybridized carbons (Fsp3) is 0.571. The highest BCUT2D eigenvalue weighted by atomic mass is 79.9. The van der Waals surface area contributed by atoms with Crippen molar-refractivity contribution < 1.29 is 18.0 Å². The van der Waals surface area contributed by atoms with Gasteiger partial charge in [-0.1, -0.05) is 0 Å². The van der Waals surface area contributed by atoms with Gasteiger partial charge in [0, 0.05) is 48.4 Å². The van der Waals surface area contributed by atoms with Crippen LogP contribution in [0.4, 0.5) is 19.0 Å². The number of carbonyl (C=O) groups is 1. The molecular weight excluding hydrogens is 395 g/mol. The summed E-state index contributed by atoms with van der Waals surface area (Å²) < 4.78 is 39.7. The van der Waals surface area contributed by atoms with Gasteiger partial charge in [0.1, 0.15) is 5.82 Å². The molecule has 1 amide bonds. The van der Waals surface area contributed by atoms with Crippen LogP contribution < -0.4 is 4.90 Å². The Morgan fingerprint density at radius 3 is 2.57 bits per heavy atom. The summed E-state index contributed by atoms with van der Waals surface area (Å²) in [6.45, 7) is 2.04. The van der Waals surface area contributed by atoms with E-state index in [9.17, 15) is 18.0 Å². The number of thioether (sulfide) groups is 1. The van der Waals surface area contributed by atoms with Crippen molar-refractivity contribution >= 4 is 39.4 Å². The number of alkyl halides is 3. The summed E-state index contributed by atoms with van der Waals surface area (Å²) >= 11 is 4.83. The third kappa shape index (κ3) is 3.60. The second-order valence-electron chi connectivity index (χ2n) is 5.56. The normalized spacial score (nSPS) is 19.7. The third-order valence-electron chi connectivity index (χ3n) is 3.99. The number of aromatic nitrogens is 1. The van der Waals surface area contributed by atoms with Gasteiger partial charge in [-0.3, -0.25) is 4.79 Å². The maximum absolute atomic E-state index is 13.1. The van der Waals surface area contributed by atoms with Gasteiger partial charge in [-0.15, -0.1) is 0 Å². The Kier molecular flexibility index (Phi) is 4.78. The van der Waals surface area contributed by atoms with E-state index in [1.165, 1.54) is 11.1 Å². The highest BCUT2D eigenvalue weighted by Gasteiger charge is 2.42. The molecule has 0 radical (unpaired) electrons. The minimum absolute atomic E-state index is 0.0484. The fourth-order valence-electron chi connectivity index (χ4n) is 2.74. The lowest BCUT2D eigenvalue weighted by atomic mass is 9.97. The number of carbonyl (C=O) groups excluding carboxylic acids is 1. The van der Waals surface area contributed by atoms with E-state index >= 15 is 0 Å². The van der Waals surface area contributed by atoms with Gasteiger partial charge in [-0.05, 0) is 22.0 Å². The van der Waals surface area contributed by atoms with Crippen molar-refractivity contribution in [1.29, 1.82) is 0 Å². The van der Waals surface area contributed by atoms with Crippen LogP contribution in [0.25, 0.3) is 0 Å². The van der Waals surface area contributed by atoms with E-state index in [-0.39, 0.29) is 22.1 Å². The predicted octanol–water partition coefficient (Wildman–Crippen LogP) is 2.87. The number of nitrogens with zero attached hydrogens (tertiary/aromatic N) is 3. The Hall–Kier alpha value is -0.960. The van der Waals surface area contributed by atoms with Gasteiger partial charge in [0.25, 0.3) is 0 Å². The molecule has 0 bridgehead atoms. The Balaban J connectivity index is 1.68. The van der Waals surface area contributed by atoms with Crippen LogP contribution in [0.5, 0.6) is 0 Å². The molecular formula is C14H15BrF3N3OS. The SMILES string of the molecule is O=C(C1CN(c2ncc(Br)cc2C(F)(F)F)C1)N1CCSCC1. The molecule has 3 heterocycles. The number of halogens is 4. The van der Waals surface area contributed by atoms with Crippen LogP contribution in [0, 0.1) is 5.92 Å². The zero-order valence-electron chi connectivity index (χ0n) is 12.1. The minimum atomic E-state index is -4.47. The lowest BCUT2D eigenvalue weighted by molar-refractivity contribution is -0.137. The van der Waals surface area contributed by atoms with Gasteiger partial charge in [0.15, 0.2) is 0 Å². The van der Waals surface area contributed by atoms with Crippen molar-refractivity contribution in [3.05, 3.63) is 22.3 Å². The third-order valence-corrected chi connectivity index (χ3v) is 5.37. The topological polar surface area (TPSA) is 36.4 Å². The Labute approximate surface area is 144 Å². The quantitative estimate of drug-likeness (QED) is 0.752. The summed E-state index contributed by atoms with van der Waals surface area (Å²) in [6, 6.07) is 1.03. The molecule has 0 N–H and O–H groups in total. The molecule has 23 heavy (non-hydrogen) atoms. The summed E-state index contributed by atoms with van der Waals surface area (Å²) in [7, 11) is 0. The van der Waals surface area contributed by atoms with Gasteiger partial charge in [0.2, 0.25) is 5.91 Å². The van der Waals surface area contributed by atoms with Gasteiger partial charge >= 0.3 is 6.18 Å². The molecule has 2 aliphatic heterocycles. The van der Waals surface area contributed by atoms with Gasteiger partial charge in [-0.2, -0.15) is 24.9 Å². The van der Waals surface area contributed by atoms with Crippen molar-refractivity contribution in [1.82, 2.24) is 9.88 Å². The van der Waals surface area contributed by atoms with Crippen molar-refractivity contribution in [3.63, 3.8) is 0 Å². The lowest BCUT2D eigenvalue weighted by Gasteiger charge is -2.42. The van der Waals surface area contributed by atoms with Crippen LogP contribution in [0.2, 0.25) is 0 Å². The van der Waals surface area contributed by atoms with Crippen LogP contribution in [-0.2, 0) is 11.0 Å². The standard InChI is InChI=1S/C14H15BrF3N3OS/c15-10-5-11(14(16,17)18)12(19-6-10)21-7-9(8-21)13(22)20-1-3-23-4-2-20/h5-6,9H,1-4,7-8H2. The van der Waals surface area contributed by atoms with Crippen molar-refractivity contribution in [2.75, 3.05) is 42.6 Å². The van der Waals surface area contributed by atoms with Gasteiger partial charge in [-0.25, -0.2) is 4.98 Å². The summed E-state index contributed by atoms with van der Waals surface area (Å²) in [5.74, 6) is 1.57. The van der Waals surface area contributed by atoms with Gasteiger partial charge in [0.05, 0.1) is 11.5 Å². The molecule has 3 rings (SSSR count). The first-order valence-corrected chi connectivity index (χ1v) is 9.15. The average Bonchev–Trinajstić information content (AvgIpc) is 2.47. The van der Waals surface area contributed by atoms with E-state index in [2.05, 4.69) is 20.9 Å².